The van der Waals surface area contributed by atoms with Crippen LogP contribution in [-0.2, 0) is 4.79 Å². The summed E-state index contributed by atoms with van der Waals surface area (Å²) < 4.78 is 1.14. The molecule has 0 unspecified atom stereocenters. The lowest BCUT2D eigenvalue weighted by Crippen LogP contribution is -2.44. The molecule has 0 aliphatic carbocycles. The highest BCUT2D eigenvalue weighted by Crippen LogP contribution is 2.47. The van der Waals surface area contributed by atoms with Crippen molar-refractivity contribution in [1.29, 1.82) is 0 Å². The molecular weight excluding hydrogens is 527 g/mol. The Kier molecular flexibility index (Phi) is 6.76. The number of rotatable bonds is 4. The Morgan fingerprint density at radius 3 is 2.13 bits per heavy atom. The van der Waals surface area contributed by atoms with E-state index in [0.717, 1.165) is 20.6 Å². The van der Waals surface area contributed by atoms with E-state index in [1.807, 2.05) is 48.5 Å². The third-order valence-corrected chi connectivity index (χ3v) is 6.57. The van der Waals surface area contributed by atoms with E-state index in [1.165, 1.54) is 9.79 Å². The summed E-state index contributed by atoms with van der Waals surface area (Å²) in [6.45, 7) is 0.569. The van der Waals surface area contributed by atoms with Gasteiger partial charge < -0.3 is 10.2 Å². The maximum absolute atomic E-state index is 12.4. The smallest absolute Gasteiger partial charge is 0.240 e. The molecule has 0 bridgehead atoms. The molecule has 1 aliphatic rings. The molecule has 0 fully saturated rings. The van der Waals surface area contributed by atoms with Crippen molar-refractivity contribution < 1.29 is 4.79 Å². The number of fused-ring (bicyclic) bond motifs is 2. The highest BCUT2D eigenvalue weighted by atomic mass is 127. The zero-order valence-corrected chi connectivity index (χ0v) is 19.7. The van der Waals surface area contributed by atoms with Crippen molar-refractivity contribution in [3.63, 3.8) is 0 Å². The summed E-state index contributed by atoms with van der Waals surface area (Å²) in [7, 11) is 0. The van der Waals surface area contributed by atoms with Crippen LogP contribution in [0.25, 0.3) is 0 Å². The summed E-state index contributed by atoms with van der Waals surface area (Å²) in [5.74, 6) is -0.130. The van der Waals surface area contributed by atoms with Gasteiger partial charge in [0.25, 0.3) is 0 Å². The Hall–Kier alpha value is -2.30. The van der Waals surface area contributed by atoms with E-state index in [1.54, 1.807) is 11.8 Å². The molecule has 1 amide bonds. The Balaban J connectivity index is 1.34. The number of para-hydroxylation sites is 2. The lowest BCUT2D eigenvalue weighted by molar-refractivity contribution is -0.121. The van der Waals surface area contributed by atoms with Gasteiger partial charge in [-0.15, -0.1) is 0 Å². The minimum absolute atomic E-state index is 0.130. The van der Waals surface area contributed by atoms with Crippen LogP contribution in [0.5, 0.6) is 0 Å². The van der Waals surface area contributed by atoms with Gasteiger partial charge in [0.1, 0.15) is 0 Å². The number of halogens is 1. The first-order valence-corrected chi connectivity index (χ1v) is 11.7. The fraction of sp³-hybridized carbons (Fsp3) is 0.0909. The molecule has 3 N–H and O–H groups in total. The second-order valence-corrected chi connectivity index (χ2v) is 9.31. The lowest BCUT2D eigenvalue weighted by atomic mass is 10.2. The second-order valence-electron chi connectivity index (χ2n) is 6.57. The average molecular weight is 546 g/mol. The number of carbonyl (C=O) groups excluding carboxylic acids is 1. The molecular formula is C22H19IN4OS2. The zero-order chi connectivity index (χ0) is 20.9. The second kappa shape index (κ2) is 9.67. The highest BCUT2D eigenvalue weighted by molar-refractivity contribution is 14.1. The predicted octanol–water partition coefficient (Wildman–Crippen LogP) is 5.30. The van der Waals surface area contributed by atoms with Crippen LogP contribution >= 0.6 is 46.6 Å². The molecule has 8 heteroatoms. The largest absolute Gasteiger partial charge is 0.339 e. The molecule has 0 aromatic heterocycles. The number of hydrazine groups is 1. The number of anilines is 3. The Bertz CT molecular complexity index is 1030. The molecule has 0 atom stereocenters. The van der Waals surface area contributed by atoms with Crippen LogP contribution in [-0.4, -0.2) is 17.6 Å². The molecule has 0 saturated heterocycles. The average Bonchev–Trinajstić information content (AvgIpc) is 2.76. The Labute approximate surface area is 198 Å². The summed E-state index contributed by atoms with van der Waals surface area (Å²) in [6, 6.07) is 24.4. The number of amides is 1. The van der Waals surface area contributed by atoms with Gasteiger partial charge in [-0.3, -0.25) is 15.6 Å². The monoisotopic (exact) mass is 546 g/mol. The SMILES string of the molecule is O=C(CCN1c2ccccc2Sc2ccccc21)NNC(=S)Nc1ccc(I)cc1. The molecule has 0 radical (unpaired) electrons. The quantitative estimate of drug-likeness (QED) is 0.235. The minimum Gasteiger partial charge on any atom is -0.339 e. The van der Waals surface area contributed by atoms with Crippen molar-refractivity contribution in [1.82, 2.24) is 10.9 Å². The molecule has 4 rings (SSSR count). The van der Waals surface area contributed by atoms with Crippen LogP contribution in [0.1, 0.15) is 6.42 Å². The van der Waals surface area contributed by atoms with Gasteiger partial charge in [-0.05, 0) is 83.3 Å². The topological polar surface area (TPSA) is 56.4 Å². The van der Waals surface area contributed by atoms with Crippen LogP contribution < -0.4 is 21.1 Å². The van der Waals surface area contributed by atoms with Crippen molar-refractivity contribution in [2.75, 3.05) is 16.8 Å². The molecule has 3 aromatic carbocycles. The normalized spacial score (nSPS) is 11.8. The Morgan fingerprint density at radius 1 is 0.900 bits per heavy atom. The van der Waals surface area contributed by atoms with Crippen LogP contribution in [0.4, 0.5) is 17.1 Å². The number of nitrogens with one attached hydrogen (secondary N) is 3. The fourth-order valence-electron chi connectivity index (χ4n) is 3.12. The number of carbonyl (C=O) groups is 1. The third kappa shape index (κ3) is 5.05. The molecule has 3 aromatic rings. The molecule has 0 saturated carbocycles. The molecule has 152 valence electrons. The molecule has 1 aliphatic heterocycles. The van der Waals surface area contributed by atoms with E-state index in [-0.39, 0.29) is 5.91 Å². The highest BCUT2D eigenvalue weighted by Gasteiger charge is 2.23. The summed E-state index contributed by atoms with van der Waals surface area (Å²) >= 11 is 9.25. The van der Waals surface area contributed by atoms with Gasteiger partial charge in [0.05, 0.1) is 11.4 Å². The number of hydrogen-bond acceptors (Lipinski definition) is 4. The van der Waals surface area contributed by atoms with Gasteiger partial charge in [-0.25, -0.2) is 0 Å². The summed E-state index contributed by atoms with van der Waals surface area (Å²) in [6.07, 6.45) is 0.326. The number of benzene rings is 3. The van der Waals surface area contributed by atoms with E-state index in [9.17, 15) is 4.79 Å². The first-order chi connectivity index (χ1) is 14.6. The first-order valence-electron chi connectivity index (χ1n) is 9.35. The minimum atomic E-state index is -0.130. The molecule has 0 spiro atoms. The fourth-order valence-corrected chi connectivity index (χ4v) is 4.74. The maximum Gasteiger partial charge on any atom is 0.240 e. The van der Waals surface area contributed by atoms with Gasteiger partial charge in [0.15, 0.2) is 5.11 Å². The first kappa shape index (κ1) is 21.0. The standard InChI is InChI=1S/C22H19IN4OS2/c23-15-9-11-16(12-10-15)24-22(29)26-25-21(28)13-14-27-17-5-1-3-7-19(17)30-20-8-4-2-6-18(20)27/h1-12H,13-14H2,(H,25,28)(H2,24,26,29). The Morgan fingerprint density at radius 2 is 1.50 bits per heavy atom. The van der Waals surface area contributed by atoms with Gasteiger partial charge in [0, 0.05) is 32.0 Å². The number of thiocarbonyl (C=S) groups is 1. The van der Waals surface area contributed by atoms with E-state index < -0.39 is 0 Å². The van der Waals surface area contributed by atoms with Crippen LogP contribution in [0, 0.1) is 3.57 Å². The van der Waals surface area contributed by atoms with Crippen molar-refractivity contribution in [2.45, 2.75) is 16.2 Å². The van der Waals surface area contributed by atoms with Crippen molar-refractivity contribution in [2.24, 2.45) is 0 Å². The van der Waals surface area contributed by atoms with E-state index >= 15 is 0 Å². The van der Waals surface area contributed by atoms with E-state index in [2.05, 4.69) is 67.9 Å². The summed E-state index contributed by atoms with van der Waals surface area (Å²) in [5.41, 5.74) is 8.55. The maximum atomic E-state index is 12.4. The van der Waals surface area contributed by atoms with Crippen molar-refractivity contribution >= 4 is 74.7 Å². The lowest BCUT2D eigenvalue weighted by Gasteiger charge is -2.32. The third-order valence-electron chi connectivity index (χ3n) is 4.51. The van der Waals surface area contributed by atoms with Gasteiger partial charge >= 0.3 is 0 Å². The number of hydrogen-bond donors (Lipinski definition) is 3. The predicted molar refractivity (Wildman–Crippen MR) is 135 cm³/mol. The number of nitrogens with zero attached hydrogens (tertiary/aromatic N) is 1. The van der Waals surface area contributed by atoms with Gasteiger partial charge in [-0.1, -0.05) is 36.0 Å². The van der Waals surface area contributed by atoms with E-state index in [0.29, 0.717) is 18.1 Å². The zero-order valence-electron chi connectivity index (χ0n) is 15.9. The van der Waals surface area contributed by atoms with Gasteiger partial charge in [0.2, 0.25) is 5.91 Å². The van der Waals surface area contributed by atoms with Crippen LogP contribution in [0.3, 0.4) is 0 Å². The van der Waals surface area contributed by atoms with E-state index in [4.69, 9.17) is 12.2 Å². The van der Waals surface area contributed by atoms with Crippen LogP contribution in [0.15, 0.2) is 82.6 Å². The summed E-state index contributed by atoms with van der Waals surface area (Å²) in [5, 5.41) is 3.39. The van der Waals surface area contributed by atoms with Gasteiger partial charge in [-0.2, -0.15) is 0 Å². The molecule has 5 nitrogen and oxygen atoms in total. The molecule has 1 heterocycles. The van der Waals surface area contributed by atoms with Crippen molar-refractivity contribution in [3.8, 4) is 0 Å². The molecule has 30 heavy (non-hydrogen) atoms. The van der Waals surface area contributed by atoms with Crippen LogP contribution in [0.2, 0.25) is 0 Å². The summed E-state index contributed by atoms with van der Waals surface area (Å²) in [4.78, 5) is 17.0. The van der Waals surface area contributed by atoms with Crippen molar-refractivity contribution in [3.05, 3.63) is 76.4 Å².